The van der Waals surface area contributed by atoms with Crippen molar-refractivity contribution in [2.45, 2.75) is 105 Å². The van der Waals surface area contributed by atoms with Crippen LogP contribution in [0.2, 0.25) is 0 Å². The number of esters is 2. The molecule has 0 amide bonds. The SMILES string of the molecule is CCCCCC(CCC)COC(=O)c1ccccc1C(=O)OCC(CCC)CCCCC. The second-order valence-corrected chi connectivity index (χ2v) is 9.04. The van der Waals surface area contributed by atoms with E-state index in [9.17, 15) is 9.59 Å². The van der Waals surface area contributed by atoms with Crippen molar-refractivity contribution in [3.8, 4) is 0 Å². The number of benzene rings is 1. The number of rotatable bonds is 18. The molecule has 2 unspecified atom stereocenters. The van der Waals surface area contributed by atoms with Gasteiger partial charge in [-0.1, -0.05) is 91.2 Å². The van der Waals surface area contributed by atoms with Gasteiger partial charge in [-0.05, 0) is 49.7 Å². The van der Waals surface area contributed by atoms with Gasteiger partial charge in [0, 0.05) is 0 Å². The van der Waals surface area contributed by atoms with Gasteiger partial charge in [-0.2, -0.15) is 0 Å². The Bertz CT molecular complexity index is 585. The van der Waals surface area contributed by atoms with Crippen LogP contribution in [0.4, 0.5) is 0 Å². The molecule has 32 heavy (non-hydrogen) atoms. The predicted octanol–water partition coefficient (Wildman–Crippen LogP) is 7.99. The predicted molar refractivity (Wildman–Crippen MR) is 132 cm³/mol. The van der Waals surface area contributed by atoms with Gasteiger partial charge in [0.05, 0.1) is 24.3 Å². The zero-order valence-corrected chi connectivity index (χ0v) is 21.0. The molecule has 1 aromatic rings. The Hall–Kier alpha value is -1.84. The molecule has 0 aromatic heterocycles. The Labute approximate surface area is 196 Å². The van der Waals surface area contributed by atoms with Gasteiger partial charge in [0.25, 0.3) is 0 Å². The second kappa shape index (κ2) is 17.7. The third-order valence-electron chi connectivity index (χ3n) is 6.09. The van der Waals surface area contributed by atoms with Gasteiger partial charge < -0.3 is 9.47 Å². The largest absolute Gasteiger partial charge is 0.462 e. The first-order valence-electron chi connectivity index (χ1n) is 13.0. The van der Waals surface area contributed by atoms with E-state index in [1.54, 1.807) is 24.3 Å². The molecular formula is C28H46O4. The Kier molecular flexibility index (Phi) is 15.6. The van der Waals surface area contributed by atoms with Crippen molar-refractivity contribution in [3.05, 3.63) is 35.4 Å². The van der Waals surface area contributed by atoms with E-state index in [1.165, 1.54) is 38.5 Å². The number of hydrogen-bond acceptors (Lipinski definition) is 4. The highest BCUT2D eigenvalue weighted by molar-refractivity contribution is 6.03. The standard InChI is InChI=1S/C28H46O4/c1-5-9-11-17-23(15-7-3)21-31-27(29)25-19-13-14-20-26(25)28(30)32-22-24(16-8-4)18-12-10-6-2/h13-14,19-20,23-24H,5-12,15-18,21-22H2,1-4H3. The lowest BCUT2D eigenvalue weighted by Gasteiger charge is -2.18. The molecule has 0 saturated heterocycles. The topological polar surface area (TPSA) is 52.6 Å². The molecule has 182 valence electrons. The molecule has 1 rings (SSSR count). The fourth-order valence-electron chi connectivity index (χ4n) is 4.19. The van der Waals surface area contributed by atoms with E-state index in [1.807, 2.05) is 0 Å². The molecular weight excluding hydrogens is 400 g/mol. The van der Waals surface area contributed by atoms with E-state index in [0.717, 1.165) is 38.5 Å². The summed E-state index contributed by atoms with van der Waals surface area (Å²) >= 11 is 0. The Morgan fingerprint density at radius 2 is 1.03 bits per heavy atom. The van der Waals surface area contributed by atoms with Crippen molar-refractivity contribution in [2.24, 2.45) is 11.8 Å². The average molecular weight is 447 g/mol. The molecule has 0 N–H and O–H groups in total. The Morgan fingerprint density at radius 3 is 1.38 bits per heavy atom. The summed E-state index contributed by atoms with van der Waals surface area (Å²) in [4.78, 5) is 25.6. The van der Waals surface area contributed by atoms with E-state index in [2.05, 4.69) is 27.7 Å². The molecule has 0 aliphatic heterocycles. The minimum atomic E-state index is -0.429. The number of carbonyl (C=O) groups is 2. The van der Waals surface area contributed by atoms with E-state index >= 15 is 0 Å². The van der Waals surface area contributed by atoms with Crippen LogP contribution in [-0.2, 0) is 9.47 Å². The lowest BCUT2D eigenvalue weighted by atomic mass is 9.97. The lowest BCUT2D eigenvalue weighted by molar-refractivity contribution is 0.0377. The van der Waals surface area contributed by atoms with Crippen LogP contribution in [0.25, 0.3) is 0 Å². The van der Waals surface area contributed by atoms with Gasteiger partial charge >= 0.3 is 11.9 Å². The molecule has 0 fully saturated rings. The van der Waals surface area contributed by atoms with Crippen molar-refractivity contribution < 1.29 is 19.1 Å². The Balaban J connectivity index is 2.70. The summed E-state index contributed by atoms with van der Waals surface area (Å²) in [7, 11) is 0. The molecule has 0 aliphatic rings. The summed E-state index contributed by atoms with van der Waals surface area (Å²) in [6.45, 7) is 9.54. The van der Waals surface area contributed by atoms with Crippen molar-refractivity contribution in [3.63, 3.8) is 0 Å². The maximum Gasteiger partial charge on any atom is 0.339 e. The van der Waals surface area contributed by atoms with Crippen LogP contribution < -0.4 is 0 Å². The van der Waals surface area contributed by atoms with Gasteiger partial charge in [0.1, 0.15) is 0 Å². The first-order chi connectivity index (χ1) is 15.6. The maximum absolute atomic E-state index is 12.8. The summed E-state index contributed by atoms with van der Waals surface area (Å²) in [6, 6.07) is 6.86. The smallest absolute Gasteiger partial charge is 0.339 e. The van der Waals surface area contributed by atoms with Crippen molar-refractivity contribution in [2.75, 3.05) is 13.2 Å². The minimum absolute atomic E-state index is 0.305. The third kappa shape index (κ3) is 11.2. The zero-order valence-electron chi connectivity index (χ0n) is 21.0. The molecule has 0 aliphatic carbocycles. The van der Waals surface area contributed by atoms with E-state index in [-0.39, 0.29) is 0 Å². The molecule has 4 heteroatoms. The normalized spacial score (nSPS) is 12.9. The summed E-state index contributed by atoms with van der Waals surface area (Å²) in [5.74, 6) is -0.0931. The summed E-state index contributed by atoms with van der Waals surface area (Å²) in [5.41, 5.74) is 0.610. The molecule has 0 saturated carbocycles. The number of unbranched alkanes of at least 4 members (excludes halogenated alkanes) is 4. The molecule has 0 bridgehead atoms. The van der Waals surface area contributed by atoms with Gasteiger partial charge in [-0.25, -0.2) is 9.59 Å². The van der Waals surface area contributed by atoms with Crippen LogP contribution in [0, 0.1) is 11.8 Å². The minimum Gasteiger partial charge on any atom is -0.462 e. The quantitative estimate of drug-likeness (QED) is 0.169. The number of hydrogen-bond donors (Lipinski definition) is 0. The third-order valence-corrected chi connectivity index (χ3v) is 6.09. The van der Waals surface area contributed by atoms with Gasteiger partial charge in [0.15, 0.2) is 0 Å². The van der Waals surface area contributed by atoms with Crippen molar-refractivity contribution in [1.29, 1.82) is 0 Å². The summed E-state index contributed by atoms with van der Waals surface area (Å²) < 4.78 is 11.3. The molecule has 0 spiro atoms. The zero-order chi connectivity index (χ0) is 23.6. The van der Waals surface area contributed by atoms with Crippen LogP contribution in [0.15, 0.2) is 24.3 Å². The fourth-order valence-corrected chi connectivity index (χ4v) is 4.19. The molecule has 2 atom stereocenters. The van der Waals surface area contributed by atoms with Gasteiger partial charge in [-0.3, -0.25) is 0 Å². The van der Waals surface area contributed by atoms with Crippen LogP contribution >= 0.6 is 0 Å². The van der Waals surface area contributed by atoms with Crippen LogP contribution in [0.3, 0.4) is 0 Å². The number of carbonyl (C=O) groups excluding carboxylic acids is 2. The molecule has 4 nitrogen and oxygen atoms in total. The highest BCUT2D eigenvalue weighted by Crippen LogP contribution is 2.20. The van der Waals surface area contributed by atoms with Gasteiger partial charge in [0.2, 0.25) is 0 Å². The Morgan fingerprint density at radius 1 is 0.625 bits per heavy atom. The van der Waals surface area contributed by atoms with Crippen LogP contribution in [0.5, 0.6) is 0 Å². The van der Waals surface area contributed by atoms with Gasteiger partial charge in [-0.15, -0.1) is 0 Å². The average Bonchev–Trinajstić information content (AvgIpc) is 2.80. The lowest BCUT2D eigenvalue weighted by Crippen LogP contribution is -2.19. The molecule has 0 radical (unpaired) electrons. The van der Waals surface area contributed by atoms with Crippen LogP contribution in [0.1, 0.15) is 125 Å². The fraction of sp³-hybridized carbons (Fsp3) is 0.714. The summed E-state index contributed by atoms with van der Waals surface area (Å²) in [5, 5.41) is 0. The van der Waals surface area contributed by atoms with E-state index in [4.69, 9.17) is 9.47 Å². The number of ether oxygens (including phenoxy) is 2. The molecule has 1 aromatic carbocycles. The summed E-state index contributed by atoms with van der Waals surface area (Å²) in [6.07, 6.45) is 13.5. The monoisotopic (exact) mass is 446 g/mol. The van der Waals surface area contributed by atoms with Crippen LogP contribution in [-0.4, -0.2) is 25.2 Å². The van der Waals surface area contributed by atoms with Crippen molar-refractivity contribution in [1.82, 2.24) is 0 Å². The highest BCUT2D eigenvalue weighted by atomic mass is 16.5. The first kappa shape index (κ1) is 28.2. The molecule has 0 heterocycles. The highest BCUT2D eigenvalue weighted by Gasteiger charge is 2.21. The van der Waals surface area contributed by atoms with Crippen molar-refractivity contribution >= 4 is 11.9 Å². The maximum atomic E-state index is 12.8. The van der Waals surface area contributed by atoms with E-state index < -0.39 is 11.9 Å². The second-order valence-electron chi connectivity index (χ2n) is 9.04. The first-order valence-corrected chi connectivity index (χ1v) is 13.0. The van der Waals surface area contributed by atoms with E-state index in [0.29, 0.717) is 36.2 Å².